The molecule has 17 heavy (non-hydrogen) atoms. The van der Waals surface area contributed by atoms with Crippen LogP contribution < -0.4 is 5.32 Å². The fraction of sp³-hybridized carbons (Fsp3) is 0.571. The highest BCUT2D eigenvalue weighted by Crippen LogP contribution is 2.33. The predicted octanol–water partition coefficient (Wildman–Crippen LogP) is 1.44. The van der Waals surface area contributed by atoms with E-state index in [-0.39, 0.29) is 12.0 Å². The number of phenols is 1. The van der Waals surface area contributed by atoms with Crippen molar-refractivity contribution in [2.75, 3.05) is 0 Å². The van der Waals surface area contributed by atoms with Gasteiger partial charge in [0.15, 0.2) is 0 Å². The SMILES string of the molecule is Oc1cccc(CC2C(O)CC3CCC2N3)c1. The Labute approximate surface area is 101 Å². The molecule has 3 rings (SSSR count). The minimum atomic E-state index is -0.198. The van der Waals surface area contributed by atoms with Gasteiger partial charge in [-0.25, -0.2) is 0 Å². The molecule has 0 aromatic heterocycles. The van der Waals surface area contributed by atoms with Crippen LogP contribution in [0.2, 0.25) is 0 Å². The zero-order chi connectivity index (χ0) is 11.8. The summed E-state index contributed by atoms with van der Waals surface area (Å²) in [7, 11) is 0. The molecule has 4 unspecified atom stereocenters. The average Bonchev–Trinajstić information content (AvgIpc) is 2.68. The van der Waals surface area contributed by atoms with Crippen molar-refractivity contribution < 1.29 is 10.2 Å². The van der Waals surface area contributed by atoms with E-state index < -0.39 is 0 Å². The summed E-state index contributed by atoms with van der Waals surface area (Å²) in [6.45, 7) is 0. The highest BCUT2D eigenvalue weighted by atomic mass is 16.3. The number of piperidine rings is 1. The average molecular weight is 233 g/mol. The van der Waals surface area contributed by atoms with Crippen molar-refractivity contribution >= 4 is 0 Å². The number of fused-ring (bicyclic) bond motifs is 2. The van der Waals surface area contributed by atoms with E-state index in [1.54, 1.807) is 12.1 Å². The summed E-state index contributed by atoms with van der Waals surface area (Å²) in [6, 6.07) is 8.35. The van der Waals surface area contributed by atoms with Crippen LogP contribution in [0, 0.1) is 5.92 Å². The van der Waals surface area contributed by atoms with Crippen molar-refractivity contribution in [1.29, 1.82) is 0 Å². The molecule has 4 atom stereocenters. The molecule has 3 heteroatoms. The Bertz CT molecular complexity index is 407. The summed E-state index contributed by atoms with van der Waals surface area (Å²) < 4.78 is 0. The second-order valence-electron chi connectivity index (χ2n) is 5.39. The van der Waals surface area contributed by atoms with Crippen molar-refractivity contribution in [3.63, 3.8) is 0 Å². The van der Waals surface area contributed by atoms with E-state index in [1.807, 2.05) is 12.1 Å². The number of hydrogen-bond donors (Lipinski definition) is 3. The minimum absolute atomic E-state index is 0.198. The van der Waals surface area contributed by atoms with E-state index in [0.717, 1.165) is 18.4 Å². The lowest BCUT2D eigenvalue weighted by molar-refractivity contribution is 0.0525. The number of aliphatic hydroxyl groups is 1. The van der Waals surface area contributed by atoms with E-state index in [4.69, 9.17) is 0 Å². The van der Waals surface area contributed by atoms with Gasteiger partial charge in [-0.2, -0.15) is 0 Å². The zero-order valence-electron chi connectivity index (χ0n) is 9.84. The molecule has 0 spiro atoms. The fourth-order valence-electron chi connectivity index (χ4n) is 3.34. The van der Waals surface area contributed by atoms with E-state index >= 15 is 0 Å². The Morgan fingerprint density at radius 3 is 3.00 bits per heavy atom. The molecule has 2 aliphatic rings. The maximum atomic E-state index is 10.2. The molecule has 2 saturated heterocycles. The molecule has 0 radical (unpaired) electrons. The van der Waals surface area contributed by atoms with Crippen LogP contribution in [0.4, 0.5) is 0 Å². The molecular weight excluding hydrogens is 214 g/mol. The molecule has 3 nitrogen and oxygen atoms in total. The second kappa shape index (κ2) is 4.31. The minimum Gasteiger partial charge on any atom is -0.508 e. The van der Waals surface area contributed by atoms with Crippen molar-refractivity contribution in [3.05, 3.63) is 29.8 Å². The molecule has 2 bridgehead atoms. The molecule has 2 heterocycles. The summed E-state index contributed by atoms with van der Waals surface area (Å²) in [5.74, 6) is 0.598. The first kappa shape index (κ1) is 11.1. The van der Waals surface area contributed by atoms with Gasteiger partial charge in [0.25, 0.3) is 0 Å². The third kappa shape index (κ3) is 2.17. The van der Waals surface area contributed by atoms with Crippen LogP contribution in [0.25, 0.3) is 0 Å². The van der Waals surface area contributed by atoms with E-state index in [0.29, 0.717) is 17.8 Å². The van der Waals surface area contributed by atoms with Gasteiger partial charge in [-0.3, -0.25) is 0 Å². The summed E-state index contributed by atoms with van der Waals surface area (Å²) in [5.41, 5.74) is 1.11. The number of hydrogen-bond acceptors (Lipinski definition) is 3. The Morgan fingerprint density at radius 2 is 2.18 bits per heavy atom. The summed E-state index contributed by atoms with van der Waals surface area (Å²) in [5, 5.41) is 23.2. The highest BCUT2D eigenvalue weighted by Gasteiger charge is 2.40. The summed E-state index contributed by atoms with van der Waals surface area (Å²) >= 11 is 0. The largest absolute Gasteiger partial charge is 0.508 e. The van der Waals surface area contributed by atoms with Crippen molar-refractivity contribution in [2.24, 2.45) is 5.92 Å². The maximum absolute atomic E-state index is 10.2. The standard InChI is InChI=1S/C14H19NO2/c16-11-3-1-2-9(6-11)7-12-13-5-4-10(15-13)8-14(12)17/h1-3,6,10,12-17H,4-5,7-8H2. The van der Waals surface area contributed by atoms with Gasteiger partial charge in [-0.1, -0.05) is 12.1 Å². The van der Waals surface area contributed by atoms with Gasteiger partial charge >= 0.3 is 0 Å². The van der Waals surface area contributed by atoms with Gasteiger partial charge in [0, 0.05) is 18.0 Å². The molecule has 0 amide bonds. The smallest absolute Gasteiger partial charge is 0.115 e. The molecule has 92 valence electrons. The Balaban J connectivity index is 1.75. The van der Waals surface area contributed by atoms with Crippen LogP contribution in [0.5, 0.6) is 5.75 Å². The second-order valence-corrected chi connectivity index (χ2v) is 5.39. The van der Waals surface area contributed by atoms with E-state index in [1.165, 1.54) is 12.8 Å². The highest BCUT2D eigenvalue weighted by molar-refractivity contribution is 5.28. The first-order valence-corrected chi connectivity index (χ1v) is 6.44. The van der Waals surface area contributed by atoms with Crippen LogP contribution in [-0.2, 0) is 6.42 Å². The number of aromatic hydroxyl groups is 1. The van der Waals surface area contributed by atoms with Crippen molar-refractivity contribution in [2.45, 2.75) is 43.9 Å². The zero-order valence-corrected chi connectivity index (χ0v) is 9.84. The fourth-order valence-corrected chi connectivity index (χ4v) is 3.34. The molecule has 1 aromatic rings. The Kier molecular flexibility index (Phi) is 2.81. The Hall–Kier alpha value is -1.06. The van der Waals surface area contributed by atoms with Crippen LogP contribution in [-0.4, -0.2) is 28.4 Å². The van der Waals surface area contributed by atoms with Gasteiger partial charge in [0.2, 0.25) is 0 Å². The number of aliphatic hydroxyl groups excluding tert-OH is 1. The van der Waals surface area contributed by atoms with Gasteiger partial charge in [0.05, 0.1) is 6.10 Å². The van der Waals surface area contributed by atoms with E-state index in [9.17, 15) is 10.2 Å². The number of nitrogens with one attached hydrogen (secondary N) is 1. The van der Waals surface area contributed by atoms with Crippen LogP contribution in [0.1, 0.15) is 24.8 Å². The molecule has 0 saturated carbocycles. The van der Waals surface area contributed by atoms with Crippen LogP contribution >= 0.6 is 0 Å². The summed E-state index contributed by atoms with van der Waals surface area (Å²) in [4.78, 5) is 0. The molecule has 2 fully saturated rings. The number of rotatable bonds is 2. The lowest BCUT2D eigenvalue weighted by Crippen LogP contribution is -2.48. The third-order valence-electron chi connectivity index (χ3n) is 4.19. The predicted molar refractivity (Wildman–Crippen MR) is 65.9 cm³/mol. The topological polar surface area (TPSA) is 52.5 Å². The normalized spacial score (nSPS) is 36.1. The number of benzene rings is 1. The molecule has 2 aliphatic heterocycles. The first-order chi connectivity index (χ1) is 8.22. The van der Waals surface area contributed by atoms with Gasteiger partial charge in [0.1, 0.15) is 5.75 Å². The van der Waals surface area contributed by atoms with Crippen LogP contribution in [0.15, 0.2) is 24.3 Å². The lowest BCUT2D eigenvalue weighted by Gasteiger charge is -2.34. The summed E-state index contributed by atoms with van der Waals surface area (Å²) in [6.07, 6.45) is 3.89. The van der Waals surface area contributed by atoms with Gasteiger partial charge in [-0.05, 0) is 43.4 Å². The Morgan fingerprint density at radius 1 is 1.29 bits per heavy atom. The molecule has 0 aliphatic carbocycles. The van der Waals surface area contributed by atoms with Crippen molar-refractivity contribution in [1.82, 2.24) is 5.32 Å². The van der Waals surface area contributed by atoms with Gasteiger partial charge in [-0.15, -0.1) is 0 Å². The number of phenolic OH excluding ortho intramolecular Hbond substituents is 1. The van der Waals surface area contributed by atoms with Gasteiger partial charge < -0.3 is 15.5 Å². The first-order valence-electron chi connectivity index (χ1n) is 6.44. The van der Waals surface area contributed by atoms with Crippen molar-refractivity contribution in [3.8, 4) is 5.75 Å². The lowest BCUT2D eigenvalue weighted by atomic mass is 9.84. The van der Waals surface area contributed by atoms with E-state index in [2.05, 4.69) is 5.32 Å². The molecule has 1 aromatic carbocycles. The molecular formula is C14H19NO2. The molecule has 3 N–H and O–H groups in total. The maximum Gasteiger partial charge on any atom is 0.115 e. The monoisotopic (exact) mass is 233 g/mol. The van der Waals surface area contributed by atoms with Crippen LogP contribution in [0.3, 0.4) is 0 Å². The quantitative estimate of drug-likeness (QED) is 0.724. The third-order valence-corrected chi connectivity index (χ3v) is 4.19.